The highest BCUT2D eigenvalue weighted by Crippen LogP contribution is 2.15. The molecular weight excluding hydrogens is 333 g/mol. The van der Waals surface area contributed by atoms with Crippen LogP contribution in [0.3, 0.4) is 0 Å². The van der Waals surface area contributed by atoms with Gasteiger partial charge in [0.15, 0.2) is 6.10 Å². The first-order chi connectivity index (χ1) is 11.1. The molecule has 0 aliphatic carbocycles. The molecule has 3 atom stereocenters. The zero-order chi connectivity index (χ0) is 18.3. The van der Waals surface area contributed by atoms with Crippen LogP contribution in [0.5, 0.6) is 0 Å². The number of aliphatic hydroxyl groups excluding tert-OH is 1. The van der Waals surface area contributed by atoms with Crippen LogP contribution in [-0.4, -0.2) is 34.6 Å². The molecule has 1 amide bonds. The fourth-order valence-electron chi connectivity index (χ4n) is 1.82. The van der Waals surface area contributed by atoms with Crippen molar-refractivity contribution < 1.29 is 28.8 Å². The summed E-state index contributed by atoms with van der Waals surface area (Å²) in [5.74, 6) is -2.31. The Morgan fingerprint density at radius 2 is 1.79 bits per heavy atom. The van der Waals surface area contributed by atoms with Gasteiger partial charge in [0.05, 0.1) is 15.9 Å². The highest BCUT2D eigenvalue weighted by Gasteiger charge is 2.31. The maximum atomic E-state index is 12.2. The van der Waals surface area contributed by atoms with E-state index in [0.717, 1.165) is 0 Å². The molecule has 1 aromatic carbocycles. The zero-order valence-corrected chi connectivity index (χ0v) is 15.0. The second kappa shape index (κ2) is 8.76. The fraction of sp³-hybridized carbons (Fsp3) is 0.438. The van der Waals surface area contributed by atoms with Gasteiger partial charge >= 0.3 is 11.9 Å². The van der Waals surface area contributed by atoms with Crippen molar-refractivity contribution in [2.75, 3.05) is 0 Å². The molecular formula is C16H22NO6P. The van der Waals surface area contributed by atoms with Crippen LogP contribution in [-0.2, 0) is 23.6 Å². The lowest BCUT2D eigenvalue weighted by molar-refractivity contribution is -0.161. The summed E-state index contributed by atoms with van der Waals surface area (Å²) in [6.45, 7) is 4.99. The lowest BCUT2D eigenvalue weighted by atomic mass is 10.1. The molecule has 0 fully saturated rings. The molecule has 1 aromatic rings. The Morgan fingerprint density at radius 1 is 1.21 bits per heavy atom. The third-order valence-electron chi connectivity index (χ3n) is 2.87. The summed E-state index contributed by atoms with van der Waals surface area (Å²) in [6.07, 6.45) is -1.88. The van der Waals surface area contributed by atoms with Gasteiger partial charge in [-0.25, -0.2) is 4.79 Å². The molecule has 1 unspecified atom stereocenters. The largest absolute Gasteiger partial charge is 0.458 e. The number of rotatable bonds is 6. The third-order valence-corrected chi connectivity index (χ3v) is 3.14. The predicted molar refractivity (Wildman–Crippen MR) is 89.6 cm³/mol. The molecule has 24 heavy (non-hydrogen) atoms. The van der Waals surface area contributed by atoms with Crippen LogP contribution in [0.4, 0.5) is 0 Å². The van der Waals surface area contributed by atoms with Crippen LogP contribution in [0.15, 0.2) is 30.3 Å². The molecule has 0 aromatic heterocycles. The highest BCUT2D eigenvalue weighted by molar-refractivity contribution is 7.10. The van der Waals surface area contributed by atoms with Crippen molar-refractivity contribution in [3.8, 4) is 0 Å². The smallest absolute Gasteiger partial charge is 0.329 e. The normalized spacial score (nSPS) is 13.5. The van der Waals surface area contributed by atoms with Gasteiger partial charge in [0, 0.05) is 0 Å². The minimum atomic E-state index is -1.47. The number of benzene rings is 1. The lowest BCUT2D eigenvalue weighted by Gasteiger charge is -2.24. The second-order valence-electron chi connectivity index (χ2n) is 6.10. The molecule has 0 heterocycles. The zero-order valence-electron chi connectivity index (χ0n) is 13.8. The number of ether oxygens (including phenoxy) is 1. The first-order valence-corrected chi connectivity index (χ1v) is 7.77. The monoisotopic (exact) mass is 355 g/mol. The van der Waals surface area contributed by atoms with E-state index in [1.807, 2.05) is 0 Å². The van der Waals surface area contributed by atoms with Crippen molar-refractivity contribution in [2.45, 2.75) is 44.9 Å². The van der Waals surface area contributed by atoms with E-state index in [1.54, 1.807) is 60.6 Å². The first kappa shape index (κ1) is 20.1. The predicted octanol–water partition coefficient (Wildman–Crippen LogP) is 1.27. The van der Waals surface area contributed by atoms with E-state index < -0.39 is 42.0 Å². The maximum Gasteiger partial charge on any atom is 0.329 e. The SMILES string of the molecule is CC(C)(C)OC(=O)[C@H](CC(=O)OP)NC(=O)[C@@H](O)c1ccccc1. The van der Waals surface area contributed by atoms with E-state index in [2.05, 4.69) is 9.84 Å². The molecule has 0 aliphatic heterocycles. The van der Waals surface area contributed by atoms with E-state index in [1.165, 1.54) is 0 Å². The minimum absolute atomic E-state index is 0.367. The van der Waals surface area contributed by atoms with Gasteiger partial charge in [0.1, 0.15) is 11.6 Å². The summed E-state index contributed by atoms with van der Waals surface area (Å²) in [5, 5.41) is 12.4. The Labute approximate surface area is 143 Å². The summed E-state index contributed by atoms with van der Waals surface area (Å²) in [6, 6.07) is 6.97. The summed E-state index contributed by atoms with van der Waals surface area (Å²) in [4.78, 5) is 35.8. The van der Waals surface area contributed by atoms with Gasteiger partial charge in [-0.3, -0.25) is 9.59 Å². The van der Waals surface area contributed by atoms with E-state index in [0.29, 0.717) is 5.56 Å². The number of amides is 1. The minimum Gasteiger partial charge on any atom is -0.458 e. The van der Waals surface area contributed by atoms with E-state index in [4.69, 9.17) is 4.74 Å². The molecule has 0 saturated heterocycles. The standard InChI is InChI=1S/C16H22NO6P/c1-16(2,3)22-15(21)11(9-12(18)23-24)17-14(20)13(19)10-7-5-4-6-8-10/h4-8,11,13,19H,9,24H2,1-3H3,(H,17,20)/t11-,13-/m0/s1. The topological polar surface area (TPSA) is 102 Å². The first-order valence-electron chi connectivity index (χ1n) is 7.30. The molecule has 0 spiro atoms. The van der Waals surface area contributed by atoms with Gasteiger partial charge in [0.2, 0.25) is 0 Å². The van der Waals surface area contributed by atoms with E-state index in [-0.39, 0.29) is 0 Å². The average molecular weight is 355 g/mol. The van der Waals surface area contributed by atoms with Gasteiger partial charge in [-0.1, -0.05) is 30.3 Å². The number of hydrogen-bond donors (Lipinski definition) is 2. The van der Waals surface area contributed by atoms with Crippen molar-refractivity contribution in [3.05, 3.63) is 35.9 Å². The molecule has 0 radical (unpaired) electrons. The van der Waals surface area contributed by atoms with Crippen molar-refractivity contribution in [1.29, 1.82) is 0 Å². The van der Waals surface area contributed by atoms with Crippen LogP contribution < -0.4 is 5.32 Å². The fourth-order valence-corrected chi connectivity index (χ4v) is 1.91. The van der Waals surface area contributed by atoms with Crippen LogP contribution in [0, 0.1) is 0 Å². The Bertz CT molecular complexity index is 584. The Hall–Kier alpha value is -1.98. The molecule has 132 valence electrons. The van der Waals surface area contributed by atoms with Crippen LogP contribution in [0.2, 0.25) is 0 Å². The number of carbonyl (C=O) groups is 3. The highest BCUT2D eigenvalue weighted by atomic mass is 31.0. The number of hydrogen-bond acceptors (Lipinski definition) is 6. The number of carbonyl (C=O) groups excluding carboxylic acids is 3. The lowest BCUT2D eigenvalue weighted by Crippen LogP contribution is -2.47. The second-order valence-corrected chi connectivity index (χ2v) is 6.34. The van der Waals surface area contributed by atoms with Crippen LogP contribution in [0.25, 0.3) is 0 Å². The van der Waals surface area contributed by atoms with Gasteiger partial charge < -0.3 is 19.7 Å². The number of nitrogens with one attached hydrogen (secondary N) is 1. The molecule has 7 nitrogen and oxygen atoms in total. The number of aliphatic hydroxyl groups is 1. The van der Waals surface area contributed by atoms with Crippen LogP contribution in [0.1, 0.15) is 38.9 Å². The molecule has 0 aliphatic rings. The molecule has 8 heteroatoms. The Balaban J connectivity index is 2.85. The summed E-state index contributed by atoms with van der Waals surface area (Å²) in [5.41, 5.74) is -0.422. The van der Waals surface area contributed by atoms with Crippen molar-refractivity contribution >= 4 is 27.3 Å². The molecule has 1 rings (SSSR count). The summed E-state index contributed by atoms with van der Waals surface area (Å²) >= 11 is 0. The van der Waals surface area contributed by atoms with Crippen molar-refractivity contribution in [1.82, 2.24) is 5.32 Å². The average Bonchev–Trinajstić information content (AvgIpc) is 2.52. The quantitative estimate of drug-likeness (QED) is 0.589. The van der Waals surface area contributed by atoms with Gasteiger partial charge in [0.25, 0.3) is 5.91 Å². The van der Waals surface area contributed by atoms with Crippen molar-refractivity contribution in [2.24, 2.45) is 0 Å². The van der Waals surface area contributed by atoms with E-state index in [9.17, 15) is 19.5 Å². The van der Waals surface area contributed by atoms with Gasteiger partial charge in [-0.15, -0.1) is 0 Å². The van der Waals surface area contributed by atoms with Crippen LogP contribution >= 0.6 is 9.47 Å². The van der Waals surface area contributed by atoms with Crippen molar-refractivity contribution in [3.63, 3.8) is 0 Å². The maximum absolute atomic E-state index is 12.2. The Kier molecular flexibility index (Phi) is 7.32. The van der Waals surface area contributed by atoms with E-state index >= 15 is 0 Å². The van der Waals surface area contributed by atoms with Gasteiger partial charge in [-0.05, 0) is 26.3 Å². The Morgan fingerprint density at radius 3 is 2.29 bits per heavy atom. The molecule has 0 bridgehead atoms. The summed E-state index contributed by atoms with van der Waals surface area (Å²) < 4.78 is 9.63. The van der Waals surface area contributed by atoms with Gasteiger partial charge in [-0.2, -0.15) is 0 Å². The molecule has 0 saturated carbocycles. The third kappa shape index (κ3) is 6.64. The molecule has 2 N–H and O–H groups in total. The summed E-state index contributed by atoms with van der Waals surface area (Å²) in [7, 11) is 1.77. The number of esters is 1.